The summed E-state index contributed by atoms with van der Waals surface area (Å²) in [6.07, 6.45) is 8.19. The monoisotopic (exact) mass is 758 g/mol. The minimum atomic E-state index is -0.566. The summed E-state index contributed by atoms with van der Waals surface area (Å²) in [5.74, 6) is -0.224. The molecular weight excluding hydrogens is 722 g/mol. The second-order valence-corrected chi connectivity index (χ2v) is 14.6. The number of hydrogen-bond donors (Lipinski definition) is 2. The first-order valence-electron chi connectivity index (χ1n) is 16.6. The Morgan fingerprint density at radius 3 is 2.79 bits per heavy atom. The normalized spacial score (nSPS) is 19.7. The summed E-state index contributed by atoms with van der Waals surface area (Å²) in [5.41, 5.74) is 1.90. The van der Waals surface area contributed by atoms with E-state index in [1.807, 2.05) is 64.2 Å². The predicted molar refractivity (Wildman–Crippen MR) is 194 cm³/mol. The fourth-order valence-electron chi connectivity index (χ4n) is 7.59. The number of amides is 1. The largest absolute Gasteiger partial charge is 0.451 e. The number of aromatic nitrogens is 2. The van der Waals surface area contributed by atoms with Crippen LogP contribution in [0.15, 0.2) is 78.0 Å². The maximum Gasteiger partial charge on any atom is 0.256 e. The van der Waals surface area contributed by atoms with E-state index in [9.17, 15) is 9.59 Å². The molecule has 2 fully saturated rings. The molecule has 2 saturated heterocycles. The number of nitrogens with zero attached hydrogens (tertiary/aromatic N) is 4. The van der Waals surface area contributed by atoms with Gasteiger partial charge in [-0.3, -0.25) is 19.5 Å². The number of likely N-dealkylation sites (tertiary alicyclic amines) is 1. The number of carbonyl (C=O) groups excluding carboxylic acids is 1. The van der Waals surface area contributed by atoms with Gasteiger partial charge in [-0.15, -0.1) is 0 Å². The number of ether oxygens (including phenoxy) is 1. The molecule has 9 nitrogen and oxygen atoms in total. The minimum absolute atomic E-state index is 0.0223. The fraction of sp³-hybridized carbons (Fsp3) is 0.324. The van der Waals surface area contributed by atoms with E-state index in [0.717, 1.165) is 42.1 Å². The van der Waals surface area contributed by atoms with Gasteiger partial charge < -0.3 is 24.8 Å². The van der Waals surface area contributed by atoms with Gasteiger partial charge in [0, 0.05) is 50.8 Å². The first-order valence-corrected chi connectivity index (χ1v) is 17.8. The molecule has 11 heteroatoms. The first-order chi connectivity index (χ1) is 23.4. The third-order valence-electron chi connectivity index (χ3n) is 9.94. The molecule has 0 bridgehead atoms. The van der Waals surface area contributed by atoms with Crippen LogP contribution in [0.5, 0.6) is 11.5 Å². The van der Waals surface area contributed by atoms with Gasteiger partial charge in [0.05, 0.1) is 21.2 Å². The highest BCUT2D eigenvalue weighted by Gasteiger charge is 2.33. The van der Waals surface area contributed by atoms with Crippen molar-refractivity contribution in [1.29, 1.82) is 0 Å². The second kappa shape index (κ2) is 12.8. The highest BCUT2D eigenvalue weighted by atomic mass is 127. The minimum Gasteiger partial charge on any atom is -0.451 e. The van der Waals surface area contributed by atoms with Crippen LogP contribution in [0.1, 0.15) is 48.1 Å². The number of benzene rings is 3. The van der Waals surface area contributed by atoms with Crippen molar-refractivity contribution in [3.05, 3.63) is 100 Å². The number of nitrogens with one attached hydrogen (secondary N) is 2. The van der Waals surface area contributed by atoms with Crippen molar-refractivity contribution in [2.24, 2.45) is 0 Å². The van der Waals surface area contributed by atoms with Crippen molar-refractivity contribution in [2.75, 3.05) is 37.6 Å². The van der Waals surface area contributed by atoms with Gasteiger partial charge in [-0.1, -0.05) is 52.9 Å². The Kier molecular flexibility index (Phi) is 8.29. The van der Waals surface area contributed by atoms with E-state index < -0.39 is 17.2 Å². The van der Waals surface area contributed by atoms with Crippen molar-refractivity contribution < 1.29 is 13.9 Å². The Bertz CT molecular complexity index is 2110. The van der Waals surface area contributed by atoms with Crippen LogP contribution in [0, 0.1) is 5.82 Å². The molecule has 3 unspecified atom stereocenters. The molecule has 246 valence electrons. The van der Waals surface area contributed by atoms with Crippen LogP contribution in [0.3, 0.4) is 0 Å². The number of rotatable bonds is 7. The highest BCUT2D eigenvalue weighted by Crippen LogP contribution is 2.48. The number of alkyl halides is 1. The lowest BCUT2D eigenvalue weighted by Crippen LogP contribution is -2.46. The van der Waals surface area contributed by atoms with E-state index in [-0.39, 0.29) is 22.7 Å². The molecule has 3 aliphatic rings. The molecular formula is C37H36FIN6O3. The number of anilines is 1. The molecule has 1 amide bonds. The topological polar surface area (TPSA) is 91.7 Å². The van der Waals surface area contributed by atoms with Crippen LogP contribution in [-0.2, 0) is 0 Å². The number of fused-ring (bicyclic) bond motifs is 3. The van der Waals surface area contributed by atoms with E-state index in [2.05, 4.69) is 50.0 Å². The first kappa shape index (κ1) is 31.2. The number of piperazine rings is 1. The summed E-state index contributed by atoms with van der Waals surface area (Å²) in [4.78, 5) is 36.4. The van der Waals surface area contributed by atoms with Crippen molar-refractivity contribution in [1.82, 2.24) is 25.1 Å². The molecule has 2 N–H and O–H groups in total. The predicted octanol–water partition coefficient (Wildman–Crippen LogP) is 6.30. The summed E-state index contributed by atoms with van der Waals surface area (Å²) in [7, 11) is 0. The smallest absolute Gasteiger partial charge is 0.256 e. The molecule has 5 heterocycles. The second-order valence-electron chi connectivity index (χ2n) is 12.8. The summed E-state index contributed by atoms with van der Waals surface area (Å²) < 4.78 is 25.3. The van der Waals surface area contributed by atoms with Crippen LogP contribution < -0.4 is 25.7 Å². The van der Waals surface area contributed by atoms with Crippen molar-refractivity contribution in [3.63, 3.8) is 0 Å². The van der Waals surface area contributed by atoms with Gasteiger partial charge in [0.1, 0.15) is 16.8 Å². The van der Waals surface area contributed by atoms with Gasteiger partial charge >= 0.3 is 0 Å². The molecule has 3 atom stereocenters. The van der Waals surface area contributed by atoms with E-state index in [4.69, 9.17) is 4.74 Å². The van der Waals surface area contributed by atoms with Crippen LogP contribution >= 0.6 is 22.6 Å². The van der Waals surface area contributed by atoms with Gasteiger partial charge in [-0.05, 0) is 73.3 Å². The lowest BCUT2D eigenvalue weighted by atomic mass is 10.0. The van der Waals surface area contributed by atoms with Crippen LogP contribution in [0.4, 0.5) is 10.1 Å². The van der Waals surface area contributed by atoms with Crippen LogP contribution in [0.25, 0.3) is 27.4 Å². The van der Waals surface area contributed by atoms with Crippen molar-refractivity contribution in [3.8, 4) is 17.2 Å². The third kappa shape index (κ3) is 5.51. The molecule has 0 spiro atoms. The summed E-state index contributed by atoms with van der Waals surface area (Å²) in [6, 6.07) is 17.4. The fourth-order valence-corrected chi connectivity index (χ4v) is 8.32. The standard InChI is InChI=1S/C37H36FIN6O3/c1-22(39)44-14-5-9-26(44)10-12-42-37(47)28-20-45-31-16-23-6-2-3-7-24(23)17-32(31)48-36-33(45)27(35(28)46)18-29(38)34(36)43-15-13-41-30(21-43)25-8-4-11-40-19-25/h2-4,6-8,11,16-20,22,26,30,41H,5,9-10,12-15,21H2,1H3,(H,42,47). The van der Waals surface area contributed by atoms with Gasteiger partial charge in [0.2, 0.25) is 5.43 Å². The van der Waals surface area contributed by atoms with E-state index in [1.165, 1.54) is 6.07 Å². The number of pyridine rings is 2. The highest BCUT2D eigenvalue weighted by molar-refractivity contribution is 14.1. The molecule has 3 aromatic carbocycles. The lowest BCUT2D eigenvalue weighted by Gasteiger charge is -2.37. The van der Waals surface area contributed by atoms with E-state index in [1.54, 1.807) is 12.4 Å². The van der Waals surface area contributed by atoms with Gasteiger partial charge in [-0.2, -0.15) is 0 Å². The molecule has 5 aromatic rings. The van der Waals surface area contributed by atoms with E-state index in [0.29, 0.717) is 58.9 Å². The third-order valence-corrected chi connectivity index (χ3v) is 10.7. The quantitative estimate of drug-likeness (QED) is 0.112. The maximum atomic E-state index is 16.4. The molecule has 2 aromatic heterocycles. The average molecular weight is 759 g/mol. The SMILES string of the molecule is CC(I)N1CCCC1CCNC(=O)c1cn2c3c(c(N4CCNC(c5cccnc5)C4)c(F)cc3c1=O)Oc1cc3ccccc3cc1-2. The van der Waals surface area contributed by atoms with Crippen LogP contribution in [-0.4, -0.2) is 63.2 Å². The van der Waals surface area contributed by atoms with Gasteiger partial charge in [-0.25, -0.2) is 4.39 Å². The number of carbonyl (C=O) groups is 1. The Morgan fingerprint density at radius 2 is 2.00 bits per heavy atom. The molecule has 8 rings (SSSR count). The zero-order valence-electron chi connectivity index (χ0n) is 26.6. The van der Waals surface area contributed by atoms with E-state index >= 15 is 4.39 Å². The number of halogens is 2. The molecule has 0 aliphatic carbocycles. The van der Waals surface area contributed by atoms with Crippen LogP contribution in [0.2, 0.25) is 0 Å². The average Bonchev–Trinajstić information content (AvgIpc) is 3.58. The molecule has 3 aliphatic heterocycles. The molecule has 0 radical (unpaired) electrons. The van der Waals surface area contributed by atoms with Gasteiger partial charge in [0.25, 0.3) is 5.91 Å². The molecule has 0 saturated carbocycles. The zero-order chi connectivity index (χ0) is 32.9. The zero-order valence-corrected chi connectivity index (χ0v) is 28.7. The van der Waals surface area contributed by atoms with Gasteiger partial charge in [0.15, 0.2) is 17.3 Å². The maximum absolute atomic E-state index is 16.4. The summed E-state index contributed by atoms with van der Waals surface area (Å²) >= 11 is 2.44. The summed E-state index contributed by atoms with van der Waals surface area (Å²) in [6.45, 7) is 5.34. The Morgan fingerprint density at radius 1 is 1.17 bits per heavy atom. The van der Waals surface area contributed by atoms with Crippen molar-refractivity contribution >= 4 is 55.9 Å². The lowest BCUT2D eigenvalue weighted by molar-refractivity contribution is 0.0948. The Hall–Kier alpha value is -4.07. The van der Waals surface area contributed by atoms with Crippen molar-refractivity contribution in [2.45, 2.75) is 42.3 Å². The Labute approximate surface area is 291 Å². The summed E-state index contributed by atoms with van der Waals surface area (Å²) in [5, 5.41) is 8.57. The number of hydrogen-bond acceptors (Lipinski definition) is 7. The Balaban J connectivity index is 1.22. The molecule has 48 heavy (non-hydrogen) atoms.